The highest BCUT2D eigenvalue weighted by atomic mass is 16.1. The van der Waals surface area contributed by atoms with Crippen molar-refractivity contribution >= 4 is 28.9 Å². The molecule has 4 aromatic rings. The zero-order valence-electron chi connectivity index (χ0n) is 19.5. The van der Waals surface area contributed by atoms with E-state index in [0.29, 0.717) is 17.2 Å². The molecular weight excluding hydrogens is 438 g/mol. The van der Waals surface area contributed by atoms with Gasteiger partial charge < -0.3 is 20.9 Å². The molecule has 35 heavy (non-hydrogen) atoms. The van der Waals surface area contributed by atoms with Crippen LogP contribution in [0.25, 0.3) is 11.3 Å². The Kier molecular flexibility index (Phi) is 6.63. The molecule has 0 atom stereocenters. The molecule has 8 nitrogen and oxygen atoms in total. The van der Waals surface area contributed by atoms with E-state index < -0.39 is 0 Å². The summed E-state index contributed by atoms with van der Waals surface area (Å²) in [6, 6.07) is 19.2. The number of piperazine rings is 1. The molecule has 3 N–H and O–H groups in total. The van der Waals surface area contributed by atoms with Crippen molar-refractivity contribution in [1.29, 1.82) is 0 Å². The number of aromatic nitrogens is 3. The normalized spacial score (nSPS) is 13.3. The molecule has 2 aromatic carbocycles. The Morgan fingerprint density at radius 2 is 1.83 bits per heavy atom. The summed E-state index contributed by atoms with van der Waals surface area (Å²) in [6.07, 6.45) is 5.21. The number of carbonyl (C=O) groups excluding carboxylic acids is 1. The highest BCUT2D eigenvalue weighted by Crippen LogP contribution is 2.25. The Bertz CT molecular complexity index is 1300. The summed E-state index contributed by atoms with van der Waals surface area (Å²) >= 11 is 0. The van der Waals surface area contributed by atoms with Gasteiger partial charge >= 0.3 is 0 Å². The first kappa shape index (κ1) is 22.5. The molecule has 1 saturated heterocycles. The summed E-state index contributed by atoms with van der Waals surface area (Å²) < 4.78 is 0. The Balaban J connectivity index is 1.28. The second-order valence-corrected chi connectivity index (χ2v) is 8.40. The third-order valence-corrected chi connectivity index (χ3v) is 5.97. The number of hydrogen-bond acceptors (Lipinski definition) is 7. The van der Waals surface area contributed by atoms with E-state index in [0.717, 1.165) is 54.4 Å². The zero-order valence-corrected chi connectivity index (χ0v) is 19.5. The molecule has 0 spiro atoms. The zero-order chi connectivity index (χ0) is 24.0. The molecule has 1 fully saturated rings. The average Bonchev–Trinajstić information content (AvgIpc) is 2.92. The van der Waals surface area contributed by atoms with Gasteiger partial charge in [0.1, 0.15) is 0 Å². The largest absolute Gasteiger partial charge is 0.369 e. The van der Waals surface area contributed by atoms with Crippen LogP contribution in [0.2, 0.25) is 0 Å². The molecule has 2 aromatic heterocycles. The predicted molar refractivity (Wildman–Crippen MR) is 139 cm³/mol. The molecule has 0 bridgehead atoms. The van der Waals surface area contributed by atoms with Gasteiger partial charge in [0.15, 0.2) is 0 Å². The number of amides is 1. The Morgan fingerprint density at radius 3 is 2.60 bits per heavy atom. The molecule has 3 heterocycles. The molecule has 0 radical (unpaired) electrons. The van der Waals surface area contributed by atoms with Gasteiger partial charge in [-0.3, -0.25) is 9.78 Å². The van der Waals surface area contributed by atoms with Crippen molar-refractivity contribution in [3.8, 4) is 11.3 Å². The molecule has 5 rings (SSSR count). The summed E-state index contributed by atoms with van der Waals surface area (Å²) in [5.41, 5.74) is 5.97. The van der Waals surface area contributed by atoms with Crippen molar-refractivity contribution in [3.05, 3.63) is 90.4 Å². The third kappa shape index (κ3) is 5.44. The minimum Gasteiger partial charge on any atom is -0.369 e. The molecule has 0 unspecified atom stereocenters. The van der Waals surface area contributed by atoms with E-state index in [1.54, 1.807) is 18.6 Å². The van der Waals surface area contributed by atoms with Gasteiger partial charge in [-0.15, -0.1) is 0 Å². The number of anilines is 4. The Hall–Kier alpha value is -4.30. The standard InChI is InChI=1S/C27H27N7O/c1-19-4-7-22(31-26(35)20-5-8-23(9-6-20)34-15-13-28-14-16-34)17-25(19)33-27-30-12-10-24(32-27)21-3-2-11-29-18-21/h2-12,17-18,28H,13-16H2,1H3,(H,31,35)(H,30,32,33). The summed E-state index contributed by atoms with van der Waals surface area (Å²) in [5.74, 6) is 0.322. The maximum Gasteiger partial charge on any atom is 0.255 e. The lowest BCUT2D eigenvalue weighted by molar-refractivity contribution is 0.102. The van der Waals surface area contributed by atoms with E-state index in [1.165, 1.54) is 0 Å². The van der Waals surface area contributed by atoms with Gasteiger partial charge in [0.2, 0.25) is 5.95 Å². The van der Waals surface area contributed by atoms with Crippen LogP contribution in [0.4, 0.5) is 23.0 Å². The Morgan fingerprint density at radius 1 is 1.00 bits per heavy atom. The van der Waals surface area contributed by atoms with Crippen LogP contribution in [0.1, 0.15) is 15.9 Å². The van der Waals surface area contributed by atoms with Crippen molar-refractivity contribution in [1.82, 2.24) is 20.3 Å². The van der Waals surface area contributed by atoms with Gasteiger partial charge in [0.05, 0.1) is 5.69 Å². The van der Waals surface area contributed by atoms with Crippen molar-refractivity contribution < 1.29 is 4.79 Å². The quantitative estimate of drug-likeness (QED) is 0.392. The highest BCUT2D eigenvalue weighted by Gasteiger charge is 2.13. The number of benzene rings is 2. The van der Waals surface area contributed by atoms with Crippen LogP contribution in [0, 0.1) is 6.92 Å². The maximum absolute atomic E-state index is 12.9. The molecule has 1 aliphatic heterocycles. The van der Waals surface area contributed by atoms with Crippen LogP contribution in [0.15, 0.2) is 79.3 Å². The minimum absolute atomic E-state index is 0.151. The van der Waals surface area contributed by atoms with Crippen molar-refractivity contribution in [2.24, 2.45) is 0 Å². The molecule has 0 saturated carbocycles. The van der Waals surface area contributed by atoms with Crippen LogP contribution in [0.5, 0.6) is 0 Å². The SMILES string of the molecule is Cc1ccc(NC(=O)c2ccc(N3CCNCC3)cc2)cc1Nc1nccc(-c2cccnc2)n1. The summed E-state index contributed by atoms with van der Waals surface area (Å²) in [7, 11) is 0. The number of carbonyl (C=O) groups is 1. The van der Waals surface area contributed by atoms with Crippen LogP contribution in [0.3, 0.4) is 0 Å². The third-order valence-electron chi connectivity index (χ3n) is 5.97. The lowest BCUT2D eigenvalue weighted by atomic mass is 10.1. The maximum atomic E-state index is 12.9. The van der Waals surface area contributed by atoms with E-state index in [-0.39, 0.29) is 5.91 Å². The number of nitrogens with zero attached hydrogens (tertiary/aromatic N) is 4. The number of nitrogens with one attached hydrogen (secondary N) is 3. The van der Waals surface area contributed by atoms with Crippen molar-refractivity contribution in [2.75, 3.05) is 41.7 Å². The van der Waals surface area contributed by atoms with E-state index in [9.17, 15) is 4.79 Å². The van der Waals surface area contributed by atoms with E-state index in [1.807, 2.05) is 67.6 Å². The second-order valence-electron chi connectivity index (χ2n) is 8.40. The van der Waals surface area contributed by atoms with E-state index in [4.69, 9.17) is 0 Å². The number of pyridine rings is 1. The molecule has 176 valence electrons. The van der Waals surface area contributed by atoms with Gasteiger partial charge in [-0.2, -0.15) is 0 Å². The summed E-state index contributed by atoms with van der Waals surface area (Å²) in [6.45, 7) is 5.89. The topological polar surface area (TPSA) is 95.1 Å². The summed E-state index contributed by atoms with van der Waals surface area (Å²) in [4.78, 5) is 28.3. The first-order valence-corrected chi connectivity index (χ1v) is 11.6. The van der Waals surface area contributed by atoms with Crippen LogP contribution in [-0.2, 0) is 0 Å². The van der Waals surface area contributed by atoms with Crippen molar-refractivity contribution in [3.63, 3.8) is 0 Å². The monoisotopic (exact) mass is 465 g/mol. The van der Waals surface area contributed by atoms with E-state index in [2.05, 4.69) is 35.8 Å². The first-order valence-electron chi connectivity index (χ1n) is 11.6. The van der Waals surface area contributed by atoms with Crippen molar-refractivity contribution in [2.45, 2.75) is 6.92 Å². The number of rotatable bonds is 6. The summed E-state index contributed by atoms with van der Waals surface area (Å²) in [5, 5.41) is 9.63. The van der Waals surface area contributed by atoms with Gasteiger partial charge in [0.25, 0.3) is 5.91 Å². The lowest BCUT2D eigenvalue weighted by Gasteiger charge is -2.29. The fraction of sp³-hybridized carbons (Fsp3) is 0.185. The molecule has 1 amide bonds. The van der Waals surface area contributed by atoms with Crippen LogP contribution in [-0.4, -0.2) is 47.0 Å². The molecular formula is C27H27N7O. The van der Waals surface area contributed by atoms with Crippen LogP contribution < -0.4 is 20.9 Å². The fourth-order valence-electron chi connectivity index (χ4n) is 4.00. The predicted octanol–water partition coefficient (Wildman–Crippen LogP) is 4.25. The van der Waals surface area contributed by atoms with Gasteiger partial charge in [-0.1, -0.05) is 6.07 Å². The fourth-order valence-corrected chi connectivity index (χ4v) is 4.00. The molecule has 8 heteroatoms. The van der Waals surface area contributed by atoms with Gasteiger partial charge in [0, 0.05) is 73.0 Å². The van der Waals surface area contributed by atoms with E-state index >= 15 is 0 Å². The second kappa shape index (κ2) is 10.3. The lowest BCUT2D eigenvalue weighted by Crippen LogP contribution is -2.43. The average molecular weight is 466 g/mol. The van der Waals surface area contributed by atoms with Gasteiger partial charge in [-0.25, -0.2) is 9.97 Å². The highest BCUT2D eigenvalue weighted by molar-refractivity contribution is 6.04. The number of hydrogen-bond donors (Lipinski definition) is 3. The molecule has 1 aliphatic rings. The number of aryl methyl sites for hydroxylation is 1. The molecule has 0 aliphatic carbocycles. The smallest absolute Gasteiger partial charge is 0.255 e. The van der Waals surface area contributed by atoms with Gasteiger partial charge in [-0.05, 0) is 67.1 Å². The first-order chi connectivity index (χ1) is 17.2. The Labute approximate surface area is 204 Å². The van der Waals surface area contributed by atoms with Crippen LogP contribution >= 0.6 is 0 Å². The minimum atomic E-state index is -0.151.